The summed E-state index contributed by atoms with van der Waals surface area (Å²) in [6.45, 7) is 3.84. The zero-order valence-corrected chi connectivity index (χ0v) is 19.9. The average Bonchev–Trinajstić information content (AvgIpc) is 2.84. The topological polar surface area (TPSA) is 55.9 Å². The van der Waals surface area contributed by atoms with Gasteiger partial charge in [0.25, 0.3) is 5.91 Å². The van der Waals surface area contributed by atoms with Crippen molar-refractivity contribution in [3.05, 3.63) is 29.8 Å². The number of hydrogen-bond acceptors (Lipinski definition) is 4. The van der Waals surface area contributed by atoms with Gasteiger partial charge in [0, 0.05) is 43.8 Å². The molecule has 3 fully saturated rings. The van der Waals surface area contributed by atoms with Crippen LogP contribution in [0.25, 0.3) is 0 Å². The number of nitrogens with one attached hydrogen (secondary N) is 1. The highest BCUT2D eigenvalue weighted by Gasteiger charge is 2.29. The number of carbonyl (C=O) groups excluding carboxylic acids is 2. The highest BCUT2D eigenvalue weighted by Crippen LogP contribution is 2.28. The highest BCUT2D eigenvalue weighted by atomic mass is 16.2. The van der Waals surface area contributed by atoms with Crippen LogP contribution in [0.15, 0.2) is 24.3 Å². The molecule has 2 saturated heterocycles. The van der Waals surface area contributed by atoms with Gasteiger partial charge in [-0.05, 0) is 70.8 Å². The molecule has 176 valence electrons. The Kier molecular flexibility index (Phi) is 7.71. The van der Waals surface area contributed by atoms with Crippen molar-refractivity contribution in [3.8, 4) is 0 Å². The second-order valence-electron chi connectivity index (χ2n) is 10.1. The van der Waals surface area contributed by atoms with E-state index in [1.165, 1.54) is 19.3 Å². The van der Waals surface area contributed by atoms with Gasteiger partial charge in [0.1, 0.15) is 0 Å². The lowest BCUT2D eigenvalue weighted by Gasteiger charge is -2.37. The lowest BCUT2D eigenvalue weighted by atomic mass is 9.88. The summed E-state index contributed by atoms with van der Waals surface area (Å²) < 4.78 is 0. The SMILES string of the molecule is CN1CCC(N(C)C(=O)c2ccccc2N2CCC(NC(=O)C3CCCCC3)CC2)CC1. The van der Waals surface area contributed by atoms with E-state index in [0.29, 0.717) is 6.04 Å². The summed E-state index contributed by atoms with van der Waals surface area (Å²) >= 11 is 0. The molecule has 1 aromatic carbocycles. The first-order chi connectivity index (χ1) is 15.5. The minimum atomic E-state index is 0.128. The van der Waals surface area contributed by atoms with Crippen LogP contribution >= 0.6 is 0 Å². The molecule has 0 spiro atoms. The maximum absolute atomic E-state index is 13.4. The zero-order chi connectivity index (χ0) is 22.5. The quantitative estimate of drug-likeness (QED) is 0.761. The fourth-order valence-electron chi connectivity index (χ4n) is 5.62. The van der Waals surface area contributed by atoms with Crippen molar-refractivity contribution in [1.29, 1.82) is 0 Å². The second-order valence-corrected chi connectivity index (χ2v) is 10.1. The molecular formula is C26H40N4O2. The van der Waals surface area contributed by atoms with Crippen LogP contribution in [0.3, 0.4) is 0 Å². The molecule has 1 saturated carbocycles. The minimum absolute atomic E-state index is 0.128. The van der Waals surface area contributed by atoms with Crippen molar-refractivity contribution in [2.75, 3.05) is 45.2 Å². The number of anilines is 1. The second kappa shape index (κ2) is 10.7. The van der Waals surface area contributed by atoms with Crippen LogP contribution in [-0.2, 0) is 4.79 Å². The van der Waals surface area contributed by atoms with Crippen molar-refractivity contribution < 1.29 is 9.59 Å². The van der Waals surface area contributed by atoms with Gasteiger partial charge in [0.2, 0.25) is 5.91 Å². The minimum Gasteiger partial charge on any atom is -0.371 e. The number of para-hydroxylation sites is 1. The van der Waals surface area contributed by atoms with Crippen molar-refractivity contribution in [2.24, 2.45) is 5.92 Å². The standard InChI is InChI=1S/C26H40N4O2/c1-28-16-14-22(15-17-28)29(2)26(32)23-10-6-7-11-24(23)30-18-12-21(13-19-30)27-25(31)20-8-4-3-5-9-20/h6-7,10-11,20-22H,3-5,8-9,12-19H2,1-2H3,(H,27,31). The maximum Gasteiger partial charge on any atom is 0.255 e. The summed E-state index contributed by atoms with van der Waals surface area (Å²) in [7, 11) is 4.11. The largest absolute Gasteiger partial charge is 0.371 e. The molecule has 3 aliphatic rings. The molecule has 4 rings (SSSR count). The van der Waals surface area contributed by atoms with Gasteiger partial charge < -0.3 is 20.0 Å². The normalized spacial score (nSPS) is 22.0. The molecule has 0 radical (unpaired) electrons. The molecule has 0 bridgehead atoms. The molecule has 2 aliphatic heterocycles. The maximum atomic E-state index is 13.4. The third-order valence-corrected chi connectivity index (χ3v) is 7.85. The van der Waals surface area contributed by atoms with E-state index in [1.807, 2.05) is 30.1 Å². The lowest BCUT2D eigenvalue weighted by molar-refractivity contribution is -0.126. The summed E-state index contributed by atoms with van der Waals surface area (Å²) in [5.74, 6) is 0.608. The monoisotopic (exact) mass is 440 g/mol. The van der Waals surface area contributed by atoms with E-state index < -0.39 is 0 Å². The molecule has 32 heavy (non-hydrogen) atoms. The number of carbonyl (C=O) groups is 2. The van der Waals surface area contributed by atoms with Crippen LogP contribution in [0.1, 0.15) is 68.1 Å². The summed E-state index contributed by atoms with van der Waals surface area (Å²) in [5.41, 5.74) is 1.84. The fourth-order valence-corrected chi connectivity index (χ4v) is 5.62. The molecule has 0 atom stereocenters. The van der Waals surface area contributed by atoms with Crippen molar-refractivity contribution in [3.63, 3.8) is 0 Å². The van der Waals surface area contributed by atoms with Gasteiger partial charge in [-0.25, -0.2) is 0 Å². The van der Waals surface area contributed by atoms with Crippen LogP contribution in [-0.4, -0.2) is 74.0 Å². The number of likely N-dealkylation sites (tertiary alicyclic amines) is 1. The molecule has 6 heteroatoms. The third kappa shape index (κ3) is 5.45. The molecular weight excluding hydrogens is 400 g/mol. The Morgan fingerprint density at radius 3 is 2.25 bits per heavy atom. The molecule has 6 nitrogen and oxygen atoms in total. The van der Waals surface area contributed by atoms with Gasteiger partial charge in [-0.15, -0.1) is 0 Å². The van der Waals surface area contributed by atoms with E-state index in [0.717, 1.165) is 76.0 Å². The van der Waals surface area contributed by atoms with Crippen LogP contribution in [0.4, 0.5) is 5.69 Å². The number of hydrogen-bond donors (Lipinski definition) is 1. The Morgan fingerprint density at radius 2 is 1.56 bits per heavy atom. The Hall–Kier alpha value is -2.08. The Balaban J connectivity index is 1.35. The first-order valence-electron chi connectivity index (χ1n) is 12.6. The number of nitrogens with zero attached hydrogens (tertiary/aromatic N) is 3. The molecule has 2 heterocycles. The van der Waals surface area contributed by atoms with E-state index in [4.69, 9.17) is 0 Å². The predicted molar refractivity (Wildman–Crippen MR) is 129 cm³/mol. The van der Waals surface area contributed by atoms with Crippen molar-refractivity contribution in [1.82, 2.24) is 15.1 Å². The number of piperidine rings is 2. The smallest absolute Gasteiger partial charge is 0.255 e. The zero-order valence-electron chi connectivity index (χ0n) is 19.9. The lowest BCUT2D eigenvalue weighted by Crippen LogP contribution is -2.47. The first-order valence-corrected chi connectivity index (χ1v) is 12.6. The summed E-state index contributed by atoms with van der Waals surface area (Å²) in [6.07, 6.45) is 9.68. The van der Waals surface area contributed by atoms with Crippen LogP contribution in [0.2, 0.25) is 0 Å². The summed E-state index contributed by atoms with van der Waals surface area (Å²) in [6, 6.07) is 8.61. The number of rotatable bonds is 5. The van der Waals surface area contributed by atoms with Gasteiger partial charge in [-0.1, -0.05) is 31.4 Å². The fraction of sp³-hybridized carbons (Fsp3) is 0.692. The Morgan fingerprint density at radius 1 is 0.906 bits per heavy atom. The van der Waals surface area contributed by atoms with Gasteiger partial charge in [-0.3, -0.25) is 9.59 Å². The van der Waals surface area contributed by atoms with Crippen LogP contribution < -0.4 is 10.2 Å². The van der Waals surface area contributed by atoms with E-state index in [1.54, 1.807) is 0 Å². The van der Waals surface area contributed by atoms with Crippen molar-refractivity contribution >= 4 is 17.5 Å². The first kappa shape index (κ1) is 23.1. The third-order valence-electron chi connectivity index (χ3n) is 7.85. The van der Waals surface area contributed by atoms with E-state index in [9.17, 15) is 9.59 Å². The molecule has 2 amide bonds. The van der Waals surface area contributed by atoms with Crippen LogP contribution in [0.5, 0.6) is 0 Å². The van der Waals surface area contributed by atoms with E-state index >= 15 is 0 Å². The van der Waals surface area contributed by atoms with Crippen LogP contribution in [0, 0.1) is 5.92 Å². The Labute approximate surface area is 193 Å². The molecule has 1 aliphatic carbocycles. The Bertz CT molecular complexity index is 776. The van der Waals surface area contributed by atoms with Gasteiger partial charge in [0.15, 0.2) is 0 Å². The highest BCUT2D eigenvalue weighted by molar-refractivity contribution is 6.00. The van der Waals surface area contributed by atoms with E-state index in [-0.39, 0.29) is 23.8 Å². The van der Waals surface area contributed by atoms with Gasteiger partial charge in [-0.2, -0.15) is 0 Å². The predicted octanol–water partition coefficient (Wildman–Crippen LogP) is 3.52. The van der Waals surface area contributed by atoms with Crippen molar-refractivity contribution in [2.45, 2.75) is 69.9 Å². The van der Waals surface area contributed by atoms with Gasteiger partial charge in [0.05, 0.1) is 5.56 Å². The average molecular weight is 441 g/mol. The molecule has 0 unspecified atom stereocenters. The molecule has 1 aromatic rings. The number of benzene rings is 1. The molecule has 0 aromatic heterocycles. The number of amides is 2. The van der Waals surface area contributed by atoms with Gasteiger partial charge >= 0.3 is 0 Å². The molecule has 1 N–H and O–H groups in total. The summed E-state index contributed by atoms with van der Waals surface area (Å²) in [5, 5.41) is 3.32. The van der Waals surface area contributed by atoms with E-state index in [2.05, 4.69) is 28.2 Å². The summed E-state index contributed by atoms with van der Waals surface area (Å²) in [4.78, 5) is 32.7.